The van der Waals surface area contributed by atoms with E-state index in [2.05, 4.69) is 47.8 Å². The number of hydrogen-bond donors (Lipinski definition) is 1. The maximum absolute atomic E-state index is 11.5. The average molecular weight is 310 g/mol. The summed E-state index contributed by atoms with van der Waals surface area (Å²) in [5.74, 6) is 0.770. The number of nitrogens with one attached hydrogen (secondary N) is 1. The minimum Gasteiger partial charge on any atom is -0.496 e. The third-order valence-electron chi connectivity index (χ3n) is 2.95. The molecule has 1 N–H and O–H groups in total. The zero-order valence-electron chi connectivity index (χ0n) is 10.9. The first-order valence-corrected chi connectivity index (χ1v) is 6.53. The number of methoxy groups -OCH3 is 1. The van der Waals surface area contributed by atoms with Gasteiger partial charge in [-0.25, -0.2) is 0 Å². The van der Waals surface area contributed by atoms with E-state index in [-0.39, 0.29) is 11.0 Å². The van der Waals surface area contributed by atoms with E-state index in [1.165, 1.54) is 0 Å². The lowest BCUT2D eigenvalue weighted by molar-refractivity contribution is 0.402. The van der Waals surface area contributed by atoms with E-state index in [1.807, 2.05) is 0 Å². The van der Waals surface area contributed by atoms with Crippen LogP contribution in [-0.2, 0) is 5.41 Å². The lowest BCUT2D eigenvalue weighted by atomic mass is 9.85. The Morgan fingerprint density at radius 3 is 2.44 bits per heavy atom. The number of aromatic amines is 1. The minimum atomic E-state index is -0.126. The zero-order chi connectivity index (χ0) is 13.5. The Kier molecular flexibility index (Phi) is 3.23. The number of rotatable bonds is 1. The van der Waals surface area contributed by atoms with Crippen molar-refractivity contribution in [1.29, 1.82) is 0 Å². The van der Waals surface area contributed by atoms with Crippen molar-refractivity contribution in [3.63, 3.8) is 0 Å². The van der Waals surface area contributed by atoms with Gasteiger partial charge in [0.05, 0.1) is 7.11 Å². The molecule has 0 unspecified atom stereocenters. The monoisotopic (exact) mass is 309 g/mol. The van der Waals surface area contributed by atoms with Gasteiger partial charge in [-0.2, -0.15) is 0 Å². The number of aromatic nitrogens is 1. The molecule has 1 heterocycles. The first kappa shape index (κ1) is 13.1. The smallest absolute Gasteiger partial charge is 0.248 e. The van der Waals surface area contributed by atoms with Crippen LogP contribution >= 0.6 is 15.9 Å². The van der Waals surface area contributed by atoms with Crippen LogP contribution in [-0.4, -0.2) is 12.1 Å². The van der Waals surface area contributed by atoms with Crippen molar-refractivity contribution in [2.75, 3.05) is 7.11 Å². The lowest BCUT2D eigenvalue weighted by Gasteiger charge is -2.23. The fourth-order valence-electron chi connectivity index (χ4n) is 2.05. The second-order valence-corrected chi connectivity index (χ2v) is 6.17. The summed E-state index contributed by atoms with van der Waals surface area (Å²) in [5.41, 5.74) is 0.902. The Hall–Kier alpha value is -1.29. The highest BCUT2D eigenvalue weighted by Gasteiger charge is 2.22. The van der Waals surface area contributed by atoms with Crippen LogP contribution in [0, 0.1) is 0 Å². The van der Waals surface area contributed by atoms with E-state index in [1.54, 1.807) is 19.4 Å². The van der Waals surface area contributed by atoms with E-state index in [9.17, 15) is 4.79 Å². The van der Waals surface area contributed by atoms with E-state index in [0.717, 1.165) is 26.6 Å². The largest absolute Gasteiger partial charge is 0.496 e. The van der Waals surface area contributed by atoms with E-state index < -0.39 is 0 Å². The molecule has 0 radical (unpaired) electrons. The fourth-order valence-corrected chi connectivity index (χ4v) is 2.61. The highest BCUT2D eigenvalue weighted by Crippen LogP contribution is 2.40. The Bertz CT molecular complexity index is 653. The van der Waals surface area contributed by atoms with Crippen LogP contribution in [0.4, 0.5) is 0 Å². The first-order chi connectivity index (χ1) is 8.34. The number of halogens is 1. The Balaban J connectivity index is 2.95. The maximum Gasteiger partial charge on any atom is 0.248 e. The van der Waals surface area contributed by atoms with Crippen LogP contribution < -0.4 is 10.3 Å². The third-order valence-corrected chi connectivity index (χ3v) is 3.61. The van der Waals surface area contributed by atoms with E-state index in [4.69, 9.17) is 4.74 Å². The summed E-state index contributed by atoms with van der Waals surface area (Å²) in [6, 6.07) is 3.63. The van der Waals surface area contributed by atoms with Crippen LogP contribution in [0.25, 0.3) is 10.8 Å². The molecule has 0 aliphatic carbocycles. The van der Waals surface area contributed by atoms with Crippen LogP contribution in [0.1, 0.15) is 26.3 Å². The molecule has 2 rings (SSSR count). The summed E-state index contributed by atoms with van der Waals surface area (Å²) >= 11 is 3.55. The highest BCUT2D eigenvalue weighted by atomic mass is 79.9. The van der Waals surface area contributed by atoms with Crippen molar-refractivity contribution >= 4 is 26.7 Å². The second-order valence-electron chi connectivity index (χ2n) is 5.31. The first-order valence-electron chi connectivity index (χ1n) is 5.74. The van der Waals surface area contributed by atoms with Gasteiger partial charge in [-0.1, -0.05) is 36.7 Å². The summed E-state index contributed by atoms with van der Waals surface area (Å²) in [6.45, 7) is 6.36. The summed E-state index contributed by atoms with van der Waals surface area (Å²) in [4.78, 5) is 14.2. The predicted octanol–water partition coefficient (Wildman–Crippen LogP) is 3.60. The minimum absolute atomic E-state index is 0.0509. The Morgan fingerprint density at radius 1 is 1.22 bits per heavy atom. The Morgan fingerprint density at radius 2 is 1.89 bits per heavy atom. The molecule has 0 aliphatic rings. The van der Waals surface area contributed by atoms with Crippen molar-refractivity contribution in [2.24, 2.45) is 0 Å². The van der Waals surface area contributed by atoms with Gasteiger partial charge in [0, 0.05) is 33.1 Å². The molecule has 2 aromatic rings. The summed E-state index contributed by atoms with van der Waals surface area (Å²) < 4.78 is 6.48. The summed E-state index contributed by atoms with van der Waals surface area (Å²) in [6.07, 6.45) is 1.71. The highest BCUT2D eigenvalue weighted by molar-refractivity contribution is 9.10. The molecule has 18 heavy (non-hydrogen) atoms. The molecule has 1 aromatic carbocycles. The molecule has 4 heteroatoms. The molecule has 3 nitrogen and oxygen atoms in total. The number of hydrogen-bond acceptors (Lipinski definition) is 2. The molecule has 0 saturated carbocycles. The molecule has 0 fully saturated rings. The molecular formula is C14H16BrNO2. The fraction of sp³-hybridized carbons (Fsp3) is 0.357. The topological polar surface area (TPSA) is 42.1 Å². The predicted molar refractivity (Wildman–Crippen MR) is 77.5 cm³/mol. The van der Waals surface area contributed by atoms with Crippen LogP contribution in [0.5, 0.6) is 5.75 Å². The van der Waals surface area contributed by atoms with Crippen LogP contribution in [0.3, 0.4) is 0 Å². The van der Waals surface area contributed by atoms with Gasteiger partial charge in [0.25, 0.3) is 0 Å². The van der Waals surface area contributed by atoms with Gasteiger partial charge < -0.3 is 9.72 Å². The van der Waals surface area contributed by atoms with Gasteiger partial charge in [-0.05, 0) is 11.5 Å². The molecule has 1 aromatic heterocycles. The number of H-pyrrole nitrogens is 1. The quantitative estimate of drug-likeness (QED) is 0.874. The van der Waals surface area contributed by atoms with Gasteiger partial charge in [0.15, 0.2) is 0 Å². The SMILES string of the molecule is COc1c(C(C)(C)C)cc(Br)c2c[nH]c(=O)cc12. The second kappa shape index (κ2) is 4.43. The molecule has 96 valence electrons. The van der Waals surface area contributed by atoms with Crippen molar-refractivity contribution < 1.29 is 4.74 Å². The molecular weight excluding hydrogens is 294 g/mol. The van der Waals surface area contributed by atoms with Crippen molar-refractivity contribution in [2.45, 2.75) is 26.2 Å². The van der Waals surface area contributed by atoms with Gasteiger partial charge in [0.1, 0.15) is 5.75 Å². The molecule has 0 bridgehead atoms. The zero-order valence-corrected chi connectivity index (χ0v) is 12.5. The molecule has 0 spiro atoms. The van der Waals surface area contributed by atoms with Crippen molar-refractivity contribution in [3.8, 4) is 5.75 Å². The van der Waals surface area contributed by atoms with E-state index in [0.29, 0.717) is 0 Å². The average Bonchev–Trinajstić information content (AvgIpc) is 2.27. The number of pyridine rings is 1. The Labute approximate surface area is 114 Å². The number of fused-ring (bicyclic) bond motifs is 1. The summed E-state index contributed by atoms with van der Waals surface area (Å²) in [5, 5.41) is 1.78. The normalized spacial score (nSPS) is 11.8. The van der Waals surface area contributed by atoms with Gasteiger partial charge >= 0.3 is 0 Å². The van der Waals surface area contributed by atoms with Crippen LogP contribution in [0.15, 0.2) is 27.6 Å². The third kappa shape index (κ3) is 2.17. The number of benzene rings is 1. The van der Waals surface area contributed by atoms with Gasteiger partial charge in [0.2, 0.25) is 5.56 Å². The molecule has 0 atom stereocenters. The van der Waals surface area contributed by atoms with Crippen LogP contribution in [0.2, 0.25) is 0 Å². The van der Waals surface area contributed by atoms with Gasteiger partial charge in [-0.3, -0.25) is 4.79 Å². The maximum atomic E-state index is 11.5. The van der Waals surface area contributed by atoms with Crippen molar-refractivity contribution in [1.82, 2.24) is 4.98 Å². The standard InChI is InChI=1S/C14H16BrNO2/c1-14(2,3)10-6-11(15)9-7-16-12(17)5-8(9)13(10)18-4/h5-7H,1-4H3,(H,16,17). The molecule has 0 saturated heterocycles. The lowest BCUT2D eigenvalue weighted by Crippen LogP contribution is -2.14. The van der Waals surface area contributed by atoms with E-state index >= 15 is 0 Å². The molecule has 0 aliphatic heterocycles. The number of ether oxygens (including phenoxy) is 1. The molecule has 0 amide bonds. The van der Waals surface area contributed by atoms with Crippen molar-refractivity contribution in [3.05, 3.63) is 38.7 Å². The van der Waals surface area contributed by atoms with Gasteiger partial charge in [-0.15, -0.1) is 0 Å². The summed E-state index contributed by atoms with van der Waals surface area (Å²) in [7, 11) is 1.64.